The molecule has 0 saturated heterocycles. The molecule has 0 atom stereocenters. The summed E-state index contributed by atoms with van der Waals surface area (Å²) in [6.07, 6.45) is 0. The highest BCUT2D eigenvalue weighted by Gasteiger charge is 2.14. The highest BCUT2D eigenvalue weighted by atomic mass is 16.2. The number of aromatic amines is 1. The maximum atomic E-state index is 12.3. The molecule has 1 aromatic carbocycles. The number of H-pyrrole nitrogens is 1. The first-order valence-corrected chi connectivity index (χ1v) is 7.09. The number of aromatic nitrogens is 2. The van der Waals surface area contributed by atoms with E-state index < -0.39 is 11.1 Å². The maximum absolute atomic E-state index is 12.3. The fourth-order valence-corrected chi connectivity index (χ4v) is 2.42. The summed E-state index contributed by atoms with van der Waals surface area (Å²) in [6.45, 7) is 7.28. The second-order valence-electron chi connectivity index (χ2n) is 4.71. The van der Waals surface area contributed by atoms with Gasteiger partial charge in [0.05, 0.1) is 11.0 Å². The lowest BCUT2D eigenvalue weighted by Gasteiger charge is -2.19. The summed E-state index contributed by atoms with van der Waals surface area (Å²) in [5.41, 5.74) is 0.380. The number of rotatable bonds is 4. The number of carbonyl (C=O) groups is 1. The van der Waals surface area contributed by atoms with Crippen LogP contribution in [0, 0.1) is 0 Å². The molecule has 0 aliphatic carbocycles. The summed E-state index contributed by atoms with van der Waals surface area (Å²) in [4.78, 5) is 40.0. The average molecular weight is 289 g/mol. The van der Waals surface area contributed by atoms with Gasteiger partial charge >= 0.3 is 11.1 Å². The molecule has 2 aromatic rings. The molecule has 0 radical (unpaired) electrons. The zero-order chi connectivity index (χ0) is 15.6. The highest BCUT2D eigenvalue weighted by Crippen LogP contribution is 2.13. The van der Waals surface area contributed by atoms with E-state index in [4.69, 9.17) is 0 Å². The van der Waals surface area contributed by atoms with Crippen LogP contribution in [-0.4, -0.2) is 33.4 Å². The molecular formula is C15H19N3O3. The van der Waals surface area contributed by atoms with Gasteiger partial charge in [0.25, 0.3) is 5.91 Å². The number of fused-ring (bicyclic) bond motifs is 1. The van der Waals surface area contributed by atoms with Gasteiger partial charge in [0.1, 0.15) is 0 Å². The molecule has 0 saturated carbocycles. The van der Waals surface area contributed by atoms with Crippen molar-refractivity contribution in [2.75, 3.05) is 13.1 Å². The lowest BCUT2D eigenvalue weighted by atomic mass is 10.1. The predicted octanol–water partition coefficient (Wildman–Crippen LogP) is 1.19. The first-order valence-electron chi connectivity index (χ1n) is 7.09. The molecule has 6 heteroatoms. The van der Waals surface area contributed by atoms with Crippen molar-refractivity contribution in [3.05, 3.63) is 44.5 Å². The van der Waals surface area contributed by atoms with Gasteiger partial charge in [0.2, 0.25) is 0 Å². The first-order chi connectivity index (χ1) is 10.0. The Morgan fingerprint density at radius 1 is 1.19 bits per heavy atom. The highest BCUT2D eigenvalue weighted by molar-refractivity contribution is 5.97. The van der Waals surface area contributed by atoms with Crippen LogP contribution in [-0.2, 0) is 6.54 Å². The Balaban J connectivity index is 2.63. The van der Waals surface area contributed by atoms with Crippen LogP contribution in [0.1, 0.15) is 31.1 Å². The molecule has 0 spiro atoms. The van der Waals surface area contributed by atoms with Gasteiger partial charge in [0.15, 0.2) is 0 Å². The van der Waals surface area contributed by atoms with E-state index in [1.807, 2.05) is 13.8 Å². The topological polar surface area (TPSA) is 75.2 Å². The number of hydrogen-bond acceptors (Lipinski definition) is 3. The van der Waals surface area contributed by atoms with Crippen molar-refractivity contribution >= 4 is 16.9 Å². The Hall–Kier alpha value is -2.37. The maximum Gasteiger partial charge on any atom is 0.316 e. The van der Waals surface area contributed by atoms with E-state index >= 15 is 0 Å². The van der Waals surface area contributed by atoms with E-state index in [-0.39, 0.29) is 5.91 Å². The number of amides is 1. The van der Waals surface area contributed by atoms with Gasteiger partial charge in [-0.25, -0.2) is 0 Å². The van der Waals surface area contributed by atoms with E-state index in [0.717, 1.165) is 0 Å². The van der Waals surface area contributed by atoms with Crippen LogP contribution in [0.5, 0.6) is 0 Å². The smallest absolute Gasteiger partial charge is 0.316 e. The minimum Gasteiger partial charge on any atom is -0.339 e. The van der Waals surface area contributed by atoms with Gasteiger partial charge in [0, 0.05) is 25.2 Å². The molecule has 112 valence electrons. The molecule has 1 N–H and O–H groups in total. The summed E-state index contributed by atoms with van der Waals surface area (Å²) in [6, 6.07) is 5.02. The molecule has 1 amide bonds. The molecule has 2 rings (SSSR count). The molecule has 0 aliphatic heterocycles. The van der Waals surface area contributed by atoms with Crippen LogP contribution in [0.15, 0.2) is 27.8 Å². The number of aryl methyl sites for hydroxylation is 1. The molecule has 6 nitrogen and oxygen atoms in total. The Bertz CT molecular complexity index is 785. The Kier molecular flexibility index (Phi) is 4.26. The monoisotopic (exact) mass is 289 g/mol. The van der Waals surface area contributed by atoms with Crippen LogP contribution in [0.25, 0.3) is 11.0 Å². The van der Waals surface area contributed by atoms with Gasteiger partial charge in [-0.3, -0.25) is 14.4 Å². The second kappa shape index (κ2) is 5.95. The number of nitrogens with zero attached hydrogens (tertiary/aromatic N) is 2. The molecule has 0 unspecified atom stereocenters. The third-order valence-electron chi connectivity index (χ3n) is 3.59. The van der Waals surface area contributed by atoms with Crippen molar-refractivity contribution in [3.63, 3.8) is 0 Å². The lowest BCUT2D eigenvalue weighted by Crippen LogP contribution is -2.36. The van der Waals surface area contributed by atoms with Crippen molar-refractivity contribution in [3.8, 4) is 0 Å². The third-order valence-corrected chi connectivity index (χ3v) is 3.59. The largest absolute Gasteiger partial charge is 0.339 e. The Labute approximate surface area is 122 Å². The van der Waals surface area contributed by atoms with Crippen LogP contribution in [0.3, 0.4) is 0 Å². The third kappa shape index (κ3) is 2.61. The van der Waals surface area contributed by atoms with Crippen molar-refractivity contribution in [2.24, 2.45) is 0 Å². The number of benzene rings is 1. The molecule has 21 heavy (non-hydrogen) atoms. The fraction of sp³-hybridized carbons (Fsp3) is 0.400. The SMILES string of the molecule is CCN(CC)C(=O)c1ccc2c(c1)[nH]c(=O)c(=O)n2CC. The van der Waals surface area contributed by atoms with Crippen molar-refractivity contribution in [2.45, 2.75) is 27.3 Å². The number of nitrogens with one attached hydrogen (secondary N) is 1. The molecule has 1 aromatic heterocycles. The van der Waals surface area contributed by atoms with Crippen LogP contribution < -0.4 is 11.1 Å². The van der Waals surface area contributed by atoms with Crippen LogP contribution >= 0.6 is 0 Å². The number of hydrogen-bond donors (Lipinski definition) is 1. The van der Waals surface area contributed by atoms with E-state index in [9.17, 15) is 14.4 Å². The fourth-order valence-electron chi connectivity index (χ4n) is 2.42. The van der Waals surface area contributed by atoms with Gasteiger partial charge in [-0.1, -0.05) is 0 Å². The van der Waals surface area contributed by atoms with E-state index in [2.05, 4.69) is 4.98 Å². The summed E-state index contributed by atoms with van der Waals surface area (Å²) in [5, 5.41) is 0. The second-order valence-corrected chi connectivity index (χ2v) is 4.71. The first kappa shape index (κ1) is 15.0. The minimum atomic E-state index is -0.670. The summed E-state index contributed by atoms with van der Waals surface area (Å²) >= 11 is 0. The Morgan fingerprint density at radius 2 is 1.86 bits per heavy atom. The molecule has 0 fully saturated rings. The molecule has 0 bridgehead atoms. The van der Waals surface area contributed by atoms with Gasteiger partial charge in [-0.05, 0) is 39.0 Å². The van der Waals surface area contributed by atoms with Gasteiger partial charge in [-0.2, -0.15) is 0 Å². The van der Waals surface area contributed by atoms with Gasteiger partial charge < -0.3 is 14.5 Å². The van der Waals surface area contributed by atoms with Crippen LogP contribution in [0.2, 0.25) is 0 Å². The quantitative estimate of drug-likeness (QED) is 0.859. The zero-order valence-corrected chi connectivity index (χ0v) is 12.5. The summed E-state index contributed by atoms with van der Waals surface area (Å²) in [7, 11) is 0. The lowest BCUT2D eigenvalue weighted by molar-refractivity contribution is 0.0773. The average Bonchev–Trinajstić information content (AvgIpc) is 2.49. The standard InChI is InChI=1S/C15H19N3O3/c1-4-17(5-2)14(20)10-7-8-12-11(9-10)16-13(19)15(21)18(12)6-3/h7-9H,4-6H2,1-3H3,(H,16,19). The van der Waals surface area contributed by atoms with Crippen LogP contribution in [0.4, 0.5) is 0 Å². The Morgan fingerprint density at radius 3 is 2.43 bits per heavy atom. The number of carbonyl (C=O) groups excluding carboxylic acids is 1. The van der Waals surface area contributed by atoms with E-state index in [0.29, 0.717) is 36.2 Å². The van der Waals surface area contributed by atoms with Crippen molar-refractivity contribution < 1.29 is 4.79 Å². The normalized spacial score (nSPS) is 10.8. The van der Waals surface area contributed by atoms with E-state index in [1.54, 1.807) is 30.0 Å². The zero-order valence-electron chi connectivity index (χ0n) is 12.5. The molecular weight excluding hydrogens is 270 g/mol. The minimum absolute atomic E-state index is 0.0861. The molecule has 1 heterocycles. The summed E-state index contributed by atoms with van der Waals surface area (Å²) in [5.74, 6) is -0.0861. The summed E-state index contributed by atoms with van der Waals surface area (Å²) < 4.78 is 1.40. The predicted molar refractivity (Wildman–Crippen MR) is 81.8 cm³/mol. The van der Waals surface area contributed by atoms with Crippen molar-refractivity contribution in [1.82, 2.24) is 14.5 Å². The van der Waals surface area contributed by atoms with Crippen molar-refractivity contribution in [1.29, 1.82) is 0 Å². The van der Waals surface area contributed by atoms with Gasteiger partial charge in [-0.15, -0.1) is 0 Å². The van der Waals surface area contributed by atoms with E-state index in [1.165, 1.54) is 4.57 Å². The molecule has 0 aliphatic rings.